The number of esters is 2. The van der Waals surface area contributed by atoms with Gasteiger partial charge in [0.05, 0.1) is 5.56 Å². The fourth-order valence-electron chi connectivity index (χ4n) is 3.36. The molecule has 0 atom stereocenters. The van der Waals surface area contributed by atoms with Gasteiger partial charge < -0.3 is 14.2 Å². The number of carbonyl (C=O) groups excluding carboxylic acids is 2. The smallest absolute Gasteiger partial charge is 0.343 e. The minimum Gasteiger partial charge on any atom is -0.458 e. The third-order valence-corrected chi connectivity index (χ3v) is 5.16. The summed E-state index contributed by atoms with van der Waals surface area (Å²) in [6.07, 6.45) is 2.63. The molecule has 0 aromatic heterocycles. The minimum atomic E-state index is -0.560. The van der Waals surface area contributed by atoms with Gasteiger partial charge in [-0.2, -0.15) is 0 Å². The maximum absolute atomic E-state index is 12.5. The summed E-state index contributed by atoms with van der Waals surface area (Å²) in [5.74, 6) is 0.817. The lowest BCUT2D eigenvalue weighted by Crippen LogP contribution is -2.08. The molecule has 5 heteroatoms. The van der Waals surface area contributed by atoms with Gasteiger partial charge in [0.1, 0.15) is 23.0 Å². The molecule has 4 aromatic rings. The number of carbonyl (C=O) groups is 2. The normalized spacial score (nSPS) is 10.3. The van der Waals surface area contributed by atoms with Crippen molar-refractivity contribution in [1.29, 1.82) is 0 Å². The standard InChI is InChI=1S/C30H22O5/c1-4-20(3)33-28-13-12-24-18-23(10-11-25(24)19-28)21-6-8-22(9-7-21)30(32)35-27-16-14-26(15-17-27)34-29(31)5-2/h4-19H,1-3H2. The van der Waals surface area contributed by atoms with Crippen LogP contribution in [0.25, 0.3) is 21.9 Å². The molecule has 0 radical (unpaired) electrons. The predicted molar refractivity (Wildman–Crippen MR) is 137 cm³/mol. The van der Waals surface area contributed by atoms with E-state index in [2.05, 4.69) is 25.8 Å². The van der Waals surface area contributed by atoms with Crippen LogP contribution in [0.1, 0.15) is 10.4 Å². The highest BCUT2D eigenvalue weighted by Crippen LogP contribution is 2.28. The van der Waals surface area contributed by atoms with Crippen LogP contribution in [0.5, 0.6) is 17.2 Å². The topological polar surface area (TPSA) is 61.8 Å². The molecule has 35 heavy (non-hydrogen) atoms. The van der Waals surface area contributed by atoms with Crippen molar-refractivity contribution in [3.63, 3.8) is 0 Å². The maximum Gasteiger partial charge on any atom is 0.343 e. The zero-order valence-electron chi connectivity index (χ0n) is 18.9. The number of rotatable bonds is 8. The molecule has 0 spiro atoms. The first-order valence-corrected chi connectivity index (χ1v) is 10.7. The molecule has 0 aliphatic carbocycles. The van der Waals surface area contributed by atoms with Crippen LogP contribution >= 0.6 is 0 Å². The molecule has 0 heterocycles. The summed E-state index contributed by atoms with van der Waals surface area (Å²) in [5.41, 5.74) is 2.41. The summed E-state index contributed by atoms with van der Waals surface area (Å²) in [6.45, 7) is 10.8. The van der Waals surface area contributed by atoms with Crippen molar-refractivity contribution in [2.75, 3.05) is 0 Å². The van der Waals surface area contributed by atoms with Crippen LogP contribution in [-0.2, 0) is 4.79 Å². The van der Waals surface area contributed by atoms with Gasteiger partial charge in [-0.25, -0.2) is 9.59 Å². The summed E-state index contributed by atoms with van der Waals surface area (Å²) in [5, 5.41) is 2.10. The summed E-state index contributed by atoms with van der Waals surface area (Å²) in [7, 11) is 0. The highest BCUT2D eigenvalue weighted by atomic mass is 16.5. The molecule has 5 nitrogen and oxygen atoms in total. The summed E-state index contributed by atoms with van der Waals surface area (Å²) in [4.78, 5) is 23.8. The van der Waals surface area contributed by atoms with E-state index in [-0.39, 0.29) is 0 Å². The maximum atomic E-state index is 12.5. The molecule has 0 N–H and O–H groups in total. The van der Waals surface area contributed by atoms with Gasteiger partial charge in [-0.15, -0.1) is 0 Å². The zero-order chi connectivity index (χ0) is 24.8. The summed E-state index contributed by atoms with van der Waals surface area (Å²) < 4.78 is 16.0. The number of hydrogen-bond acceptors (Lipinski definition) is 5. The van der Waals surface area contributed by atoms with E-state index >= 15 is 0 Å². The first-order chi connectivity index (χ1) is 16.9. The Hall–Kier alpha value is -4.90. The van der Waals surface area contributed by atoms with E-state index in [1.54, 1.807) is 30.3 Å². The number of hydrogen-bond donors (Lipinski definition) is 0. The second-order valence-corrected chi connectivity index (χ2v) is 7.56. The quantitative estimate of drug-likeness (QED) is 0.0937. The molecule has 0 unspecified atom stereocenters. The Balaban J connectivity index is 1.45. The van der Waals surface area contributed by atoms with Gasteiger partial charge >= 0.3 is 11.9 Å². The molecule has 0 saturated carbocycles. The molecule has 0 aliphatic heterocycles. The van der Waals surface area contributed by atoms with Crippen LogP contribution < -0.4 is 14.2 Å². The second kappa shape index (κ2) is 10.4. The Bertz CT molecular complexity index is 1430. The predicted octanol–water partition coefficient (Wildman–Crippen LogP) is 6.90. The molecular formula is C30H22O5. The Kier molecular flexibility index (Phi) is 6.88. The van der Waals surface area contributed by atoms with Crippen molar-refractivity contribution < 1.29 is 23.8 Å². The largest absolute Gasteiger partial charge is 0.458 e. The molecular weight excluding hydrogens is 440 g/mol. The number of allylic oxidation sites excluding steroid dienone is 1. The number of fused-ring (bicyclic) bond motifs is 1. The third-order valence-electron chi connectivity index (χ3n) is 5.16. The van der Waals surface area contributed by atoms with E-state index in [0.29, 0.717) is 28.6 Å². The average Bonchev–Trinajstić information content (AvgIpc) is 2.89. The van der Waals surface area contributed by atoms with Crippen LogP contribution in [0.3, 0.4) is 0 Å². The van der Waals surface area contributed by atoms with E-state index < -0.39 is 11.9 Å². The summed E-state index contributed by atoms with van der Waals surface area (Å²) in [6, 6.07) is 25.3. The summed E-state index contributed by atoms with van der Waals surface area (Å²) >= 11 is 0. The van der Waals surface area contributed by atoms with Gasteiger partial charge in [0.25, 0.3) is 0 Å². The van der Waals surface area contributed by atoms with Crippen molar-refractivity contribution in [2.45, 2.75) is 0 Å². The van der Waals surface area contributed by atoms with Crippen molar-refractivity contribution in [3.8, 4) is 28.4 Å². The third kappa shape index (κ3) is 5.72. The van der Waals surface area contributed by atoms with Gasteiger partial charge in [-0.3, -0.25) is 0 Å². The van der Waals surface area contributed by atoms with Crippen molar-refractivity contribution >= 4 is 22.7 Å². The van der Waals surface area contributed by atoms with Crippen LogP contribution in [0.2, 0.25) is 0 Å². The van der Waals surface area contributed by atoms with Gasteiger partial charge in [0.15, 0.2) is 0 Å². The van der Waals surface area contributed by atoms with Crippen molar-refractivity contribution in [3.05, 3.63) is 128 Å². The molecule has 0 saturated heterocycles. The van der Waals surface area contributed by atoms with E-state index in [1.807, 2.05) is 42.5 Å². The molecule has 172 valence electrons. The fraction of sp³-hybridized carbons (Fsp3) is 0. The number of ether oxygens (including phenoxy) is 3. The Morgan fingerprint density at radius 1 is 0.600 bits per heavy atom. The van der Waals surface area contributed by atoms with Crippen LogP contribution in [-0.4, -0.2) is 11.9 Å². The Morgan fingerprint density at radius 2 is 1.17 bits per heavy atom. The van der Waals surface area contributed by atoms with Crippen molar-refractivity contribution in [2.24, 2.45) is 0 Å². The second-order valence-electron chi connectivity index (χ2n) is 7.56. The Morgan fingerprint density at radius 3 is 1.83 bits per heavy atom. The average molecular weight is 463 g/mol. The molecule has 0 aliphatic rings. The fourth-order valence-corrected chi connectivity index (χ4v) is 3.36. The van der Waals surface area contributed by atoms with Crippen LogP contribution in [0.15, 0.2) is 123 Å². The lowest BCUT2D eigenvalue weighted by Gasteiger charge is -2.09. The molecule has 0 bridgehead atoms. The van der Waals surface area contributed by atoms with Gasteiger partial charge in [0.2, 0.25) is 0 Å². The van der Waals surface area contributed by atoms with Crippen LogP contribution in [0, 0.1) is 0 Å². The van der Waals surface area contributed by atoms with E-state index in [4.69, 9.17) is 14.2 Å². The molecule has 0 fully saturated rings. The lowest BCUT2D eigenvalue weighted by molar-refractivity contribution is -0.128. The number of benzene rings is 4. The van der Waals surface area contributed by atoms with E-state index in [1.165, 1.54) is 12.1 Å². The molecule has 4 aromatic carbocycles. The molecule has 0 amide bonds. The lowest BCUT2D eigenvalue weighted by atomic mass is 10.00. The van der Waals surface area contributed by atoms with Crippen LogP contribution in [0.4, 0.5) is 0 Å². The minimum absolute atomic E-state index is 0.334. The first-order valence-electron chi connectivity index (χ1n) is 10.7. The van der Waals surface area contributed by atoms with E-state index in [9.17, 15) is 9.59 Å². The SMILES string of the molecule is C=CC(=C)Oc1ccc2cc(-c3ccc(C(=O)Oc4ccc(OC(=O)C=C)cc4)cc3)ccc2c1. The van der Waals surface area contributed by atoms with Gasteiger partial charge in [-0.05, 0) is 82.6 Å². The monoisotopic (exact) mass is 462 g/mol. The van der Waals surface area contributed by atoms with Gasteiger partial charge in [-0.1, -0.05) is 50.1 Å². The van der Waals surface area contributed by atoms with E-state index in [0.717, 1.165) is 28.0 Å². The highest BCUT2D eigenvalue weighted by molar-refractivity contribution is 5.92. The van der Waals surface area contributed by atoms with Gasteiger partial charge in [0, 0.05) is 6.08 Å². The molecule has 4 rings (SSSR count). The van der Waals surface area contributed by atoms with Crippen molar-refractivity contribution in [1.82, 2.24) is 0 Å². The highest BCUT2D eigenvalue weighted by Gasteiger charge is 2.10. The first kappa shape index (κ1) is 23.3. The zero-order valence-corrected chi connectivity index (χ0v) is 18.9. The Labute approximate surface area is 203 Å².